The van der Waals surface area contributed by atoms with Crippen molar-refractivity contribution < 1.29 is 0 Å². The van der Waals surface area contributed by atoms with Crippen molar-refractivity contribution in [2.45, 2.75) is 65.6 Å². The van der Waals surface area contributed by atoms with E-state index < -0.39 is 0 Å². The minimum Gasteiger partial charge on any atom is -0.333 e. The third-order valence-corrected chi connectivity index (χ3v) is 4.17. The number of nitrogens with one attached hydrogen (secondary N) is 1. The van der Waals surface area contributed by atoms with E-state index in [2.05, 4.69) is 47.5 Å². The third-order valence-electron chi connectivity index (χ3n) is 4.17. The molecule has 1 saturated heterocycles. The molecule has 0 radical (unpaired) electrons. The average molecular weight is 292 g/mol. The summed E-state index contributed by atoms with van der Waals surface area (Å²) >= 11 is 0. The van der Waals surface area contributed by atoms with Gasteiger partial charge in [0.25, 0.3) is 0 Å². The molecule has 1 aromatic rings. The first-order chi connectivity index (χ1) is 9.98. The van der Waals surface area contributed by atoms with Crippen molar-refractivity contribution in [3.05, 3.63) is 18.2 Å². The van der Waals surface area contributed by atoms with E-state index in [9.17, 15) is 0 Å². The van der Waals surface area contributed by atoms with Crippen LogP contribution in [0.2, 0.25) is 0 Å². The molecule has 1 aromatic heterocycles. The Bertz CT molecular complexity index is 419. The highest BCUT2D eigenvalue weighted by atomic mass is 15.2. The lowest BCUT2D eigenvalue weighted by atomic mass is 9.96. The lowest BCUT2D eigenvalue weighted by Gasteiger charge is -2.34. The first-order valence-electron chi connectivity index (χ1n) is 8.44. The molecular formula is C17H32N4. The van der Waals surface area contributed by atoms with Crippen molar-refractivity contribution in [2.75, 3.05) is 19.6 Å². The molecule has 1 fully saturated rings. The maximum Gasteiger partial charge on any atom is 0.0948 e. The van der Waals surface area contributed by atoms with Crippen LogP contribution in [0.15, 0.2) is 12.5 Å². The van der Waals surface area contributed by atoms with Gasteiger partial charge >= 0.3 is 0 Å². The summed E-state index contributed by atoms with van der Waals surface area (Å²) in [5.74, 6) is 0.778. The molecule has 2 rings (SSSR count). The number of rotatable bonds is 6. The standard InChI is InChI=1S/C17H32N4/c1-5-8-21-14-18-11-16(21)13-20-9-6-7-15(12-20)10-19-17(2,3)4/h11,14-15,19H,5-10,12-13H2,1-4H3. The number of hydrogen-bond acceptors (Lipinski definition) is 3. The monoisotopic (exact) mass is 292 g/mol. The van der Waals surface area contributed by atoms with Gasteiger partial charge in [0.2, 0.25) is 0 Å². The van der Waals surface area contributed by atoms with Gasteiger partial charge in [0.1, 0.15) is 0 Å². The fourth-order valence-corrected chi connectivity index (χ4v) is 3.06. The highest BCUT2D eigenvalue weighted by molar-refractivity contribution is 4.99. The van der Waals surface area contributed by atoms with Crippen LogP contribution < -0.4 is 5.32 Å². The number of likely N-dealkylation sites (tertiary alicyclic amines) is 1. The summed E-state index contributed by atoms with van der Waals surface area (Å²) in [6.45, 7) is 14.7. The molecule has 1 atom stereocenters. The highest BCUT2D eigenvalue weighted by Crippen LogP contribution is 2.19. The summed E-state index contributed by atoms with van der Waals surface area (Å²) in [4.78, 5) is 6.92. The van der Waals surface area contributed by atoms with E-state index in [-0.39, 0.29) is 5.54 Å². The lowest BCUT2D eigenvalue weighted by molar-refractivity contribution is 0.156. The molecule has 0 spiro atoms. The van der Waals surface area contributed by atoms with Crippen LogP contribution in [0.1, 0.15) is 52.7 Å². The predicted octanol–water partition coefficient (Wildman–Crippen LogP) is 2.89. The fourth-order valence-electron chi connectivity index (χ4n) is 3.06. The zero-order valence-corrected chi connectivity index (χ0v) is 14.2. The van der Waals surface area contributed by atoms with Crippen molar-refractivity contribution in [3.8, 4) is 0 Å². The first-order valence-corrected chi connectivity index (χ1v) is 8.44. The molecule has 21 heavy (non-hydrogen) atoms. The largest absolute Gasteiger partial charge is 0.333 e. The van der Waals surface area contributed by atoms with Gasteiger partial charge in [-0.3, -0.25) is 4.90 Å². The van der Waals surface area contributed by atoms with Crippen LogP contribution in [0.3, 0.4) is 0 Å². The molecule has 120 valence electrons. The van der Waals surface area contributed by atoms with E-state index in [0.29, 0.717) is 0 Å². The molecule has 4 heteroatoms. The maximum atomic E-state index is 4.32. The van der Waals surface area contributed by atoms with Crippen molar-refractivity contribution in [3.63, 3.8) is 0 Å². The van der Waals surface area contributed by atoms with Gasteiger partial charge in [-0.15, -0.1) is 0 Å². The van der Waals surface area contributed by atoms with E-state index in [1.54, 1.807) is 0 Å². The van der Waals surface area contributed by atoms with E-state index >= 15 is 0 Å². The Morgan fingerprint density at radius 3 is 2.90 bits per heavy atom. The van der Waals surface area contributed by atoms with E-state index in [1.807, 2.05) is 12.5 Å². The fraction of sp³-hybridized carbons (Fsp3) is 0.824. The van der Waals surface area contributed by atoms with E-state index in [1.165, 1.54) is 38.0 Å². The van der Waals surface area contributed by atoms with Crippen LogP contribution in [-0.4, -0.2) is 39.6 Å². The molecule has 0 bridgehead atoms. The lowest BCUT2D eigenvalue weighted by Crippen LogP contribution is -2.44. The molecule has 0 aromatic carbocycles. The average Bonchev–Trinajstić information content (AvgIpc) is 2.84. The Labute approximate surface area is 129 Å². The molecule has 1 aliphatic rings. The molecule has 0 aliphatic carbocycles. The second-order valence-corrected chi connectivity index (χ2v) is 7.45. The van der Waals surface area contributed by atoms with Crippen LogP contribution in [-0.2, 0) is 13.1 Å². The van der Waals surface area contributed by atoms with Crippen LogP contribution >= 0.6 is 0 Å². The smallest absolute Gasteiger partial charge is 0.0948 e. The molecule has 4 nitrogen and oxygen atoms in total. The van der Waals surface area contributed by atoms with Crippen molar-refractivity contribution in [1.82, 2.24) is 19.8 Å². The Kier molecular flexibility index (Phi) is 5.82. The third kappa shape index (κ3) is 5.44. The summed E-state index contributed by atoms with van der Waals surface area (Å²) in [6, 6.07) is 0. The Balaban J connectivity index is 1.84. The number of hydrogen-bond donors (Lipinski definition) is 1. The quantitative estimate of drug-likeness (QED) is 0.875. The summed E-state index contributed by atoms with van der Waals surface area (Å²) in [5.41, 5.74) is 1.59. The van der Waals surface area contributed by atoms with Gasteiger partial charge in [-0.05, 0) is 59.0 Å². The number of imidazole rings is 1. The molecular weight excluding hydrogens is 260 g/mol. The van der Waals surface area contributed by atoms with Crippen molar-refractivity contribution in [2.24, 2.45) is 5.92 Å². The van der Waals surface area contributed by atoms with Crippen LogP contribution in [0.25, 0.3) is 0 Å². The van der Waals surface area contributed by atoms with Crippen LogP contribution in [0.5, 0.6) is 0 Å². The number of piperidine rings is 1. The molecule has 2 heterocycles. The zero-order chi connectivity index (χ0) is 15.3. The van der Waals surface area contributed by atoms with Gasteiger partial charge in [-0.2, -0.15) is 0 Å². The first kappa shape index (κ1) is 16.5. The summed E-state index contributed by atoms with van der Waals surface area (Å²) in [6.07, 6.45) is 7.85. The van der Waals surface area contributed by atoms with Crippen molar-refractivity contribution >= 4 is 0 Å². The SMILES string of the molecule is CCCn1cncc1CN1CCCC(CNC(C)(C)C)C1. The summed E-state index contributed by atoms with van der Waals surface area (Å²) in [7, 11) is 0. The van der Waals surface area contributed by atoms with Crippen LogP contribution in [0, 0.1) is 5.92 Å². The summed E-state index contributed by atoms with van der Waals surface area (Å²) in [5, 5.41) is 3.66. The van der Waals surface area contributed by atoms with Gasteiger partial charge in [-0.25, -0.2) is 4.98 Å². The van der Waals surface area contributed by atoms with Gasteiger partial charge in [0.05, 0.1) is 12.0 Å². The van der Waals surface area contributed by atoms with Gasteiger partial charge in [0.15, 0.2) is 0 Å². The van der Waals surface area contributed by atoms with Gasteiger partial charge in [-0.1, -0.05) is 6.92 Å². The maximum absolute atomic E-state index is 4.32. The second kappa shape index (κ2) is 7.41. The topological polar surface area (TPSA) is 33.1 Å². The predicted molar refractivity (Wildman–Crippen MR) is 88.3 cm³/mol. The highest BCUT2D eigenvalue weighted by Gasteiger charge is 2.22. The van der Waals surface area contributed by atoms with Gasteiger partial charge < -0.3 is 9.88 Å². The number of aromatic nitrogens is 2. The molecule has 1 aliphatic heterocycles. The molecule has 0 amide bonds. The Morgan fingerprint density at radius 2 is 2.19 bits per heavy atom. The second-order valence-electron chi connectivity index (χ2n) is 7.45. The minimum absolute atomic E-state index is 0.224. The Morgan fingerprint density at radius 1 is 1.38 bits per heavy atom. The Hall–Kier alpha value is -0.870. The molecule has 0 saturated carbocycles. The number of nitrogens with zero attached hydrogens (tertiary/aromatic N) is 3. The summed E-state index contributed by atoms with van der Waals surface area (Å²) < 4.78 is 2.30. The van der Waals surface area contributed by atoms with E-state index in [0.717, 1.165) is 25.6 Å². The van der Waals surface area contributed by atoms with E-state index in [4.69, 9.17) is 0 Å². The number of aryl methyl sites for hydroxylation is 1. The van der Waals surface area contributed by atoms with Crippen molar-refractivity contribution in [1.29, 1.82) is 0 Å². The molecule has 1 unspecified atom stereocenters. The van der Waals surface area contributed by atoms with Crippen LogP contribution in [0.4, 0.5) is 0 Å². The zero-order valence-electron chi connectivity index (χ0n) is 14.2. The van der Waals surface area contributed by atoms with Gasteiger partial charge in [0, 0.05) is 31.4 Å². The molecule has 1 N–H and O–H groups in total. The minimum atomic E-state index is 0.224. The normalized spacial score (nSPS) is 20.9.